The van der Waals surface area contributed by atoms with Crippen LogP contribution in [-0.2, 0) is 6.18 Å². The number of carboxylic acid groups (broad SMARTS) is 1. The minimum Gasteiger partial charge on any atom is -0.478 e. The molecular formula is C20H17ClF3N5O4S. The van der Waals surface area contributed by atoms with Crippen molar-refractivity contribution < 1.29 is 32.6 Å². The number of amides is 2. The molecule has 2 amide bonds. The van der Waals surface area contributed by atoms with E-state index in [4.69, 9.17) is 16.3 Å². The lowest BCUT2D eigenvalue weighted by molar-refractivity contribution is -0.140. The second-order valence-corrected chi connectivity index (χ2v) is 7.79. The molecular weight excluding hydrogens is 499 g/mol. The van der Waals surface area contributed by atoms with Gasteiger partial charge in [-0.1, -0.05) is 0 Å². The lowest BCUT2D eigenvalue weighted by Gasteiger charge is -2.14. The third-order valence-corrected chi connectivity index (χ3v) is 5.24. The van der Waals surface area contributed by atoms with Gasteiger partial charge in [-0.2, -0.15) is 13.2 Å². The van der Waals surface area contributed by atoms with Crippen LogP contribution in [-0.4, -0.2) is 51.1 Å². The van der Waals surface area contributed by atoms with Gasteiger partial charge in [0.1, 0.15) is 17.4 Å². The average molecular weight is 516 g/mol. The van der Waals surface area contributed by atoms with E-state index in [2.05, 4.69) is 25.6 Å². The highest BCUT2D eigenvalue weighted by Gasteiger charge is 2.34. The van der Waals surface area contributed by atoms with Gasteiger partial charge in [0.15, 0.2) is 5.69 Å². The molecule has 3 aromatic rings. The zero-order chi connectivity index (χ0) is 24.9. The van der Waals surface area contributed by atoms with Gasteiger partial charge in [0.05, 0.1) is 11.4 Å². The second-order valence-electron chi connectivity index (χ2n) is 6.55. The van der Waals surface area contributed by atoms with Crippen molar-refractivity contribution in [1.82, 2.24) is 20.3 Å². The SMILES string of the molecule is CCNC(=O)Nc1cc(-c2nc(C(F)(F)F)cs2)c(-c2cc(C(=O)O)cnc2OCCCl)cn1. The van der Waals surface area contributed by atoms with Crippen molar-refractivity contribution >= 4 is 40.8 Å². The topological polar surface area (TPSA) is 126 Å². The Bertz CT molecular complexity index is 1210. The van der Waals surface area contributed by atoms with Crippen LogP contribution in [0.5, 0.6) is 5.88 Å². The monoisotopic (exact) mass is 515 g/mol. The van der Waals surface area contributed by atoms with E-state index in [0.717, 1.165) is 22.9 Å². The molecule has 3 aromatic heterocycles. The minimum atomic E-state index is -4.66. The summed E-state index contributed by atoms with van der Waals surface area (Å²) in [4.78, 5) is 35.3. The Labute approximate surface area is 200 Å². The molecule has 0 bridgehead atoms. The first kappa shape index (κ1) is 25.2. The molecule has 0 aliphatic carbocycles. The highest BCUT2D eigenvalue weighted by atomic mass is 35.5. The molecule has 0 unspecified atom stereocenters. The molecule has 9 nitrogen and oxygen atoms in total. The summed E-state index contributed by atoms with van der Waals surface area (Å²) in [6.07, 6.45) is -2.32. The Kier molecular flexibility index (Phi) is 7.89. The van der Waals surface area contributed by atoms with Crippen LogP contribution in [0, 0.1) is 0 Å². The summed E-state index contributed by atoms with van der Waals surface area (Å²) in [5.41, 5.74) is -0.767. The zero-order valence-electron chi connectivity index (χ0n) is 17.4. The molecule has 0 saturated carbocycles. The van der Waals surface area contributed by atoms with Crippen molar-refractivity contribution in [3.8, 4) is 27.6 Å². The lowest BCUT2D eigenvalue weighted by Crippen LogP contribution is -2.28. The maximum Gasteiger partial charge on any atom is 0.434 e. The molecule has 0 fully saturated rings. The predicted octanol–water partition coefficient (Wildman–Crippen LogP) is 4.74. The number of nitrogens with one attached hydrogen (secondary N) is 2. The quantitative estimate of drug-likeness (QED) is 0.370. The van der Waals surface area contributed by atoms with E-state index in [1.165, 1.54) is 18.3 Å². The van der Waals surface area contributed by atoms with E-state index in [0.29, 0.717) is 6.54 Å². The van der Waals surface area contributed by atoms with Gasteiger partial charge in [-0.05, 0) is 19.1 Å². The van der Waals surface area contributed by atoms with Gasteiger partial charge in [-0.3, -0.25) is 5.32 Å². The molecule has 180 valence electrons. The number of anilines is 1. The predicted molar refractivity (Wildman–Crippen MR) is 119 cm³/mol. The molecule has 0 radical (unpaired) electrons. The van der Waals surface area contributed by atoms with Crippen molar-refractivity contribution in [3.63, 3.8) is 0 Å². The summed E-state index contributed by atoms with van der Waals surface area (Å²) in [6, 6.07) is 2.03. The fraction of sp³-hybridized carbons (Fsp3) is 0.250. The fourth-order valence-electron chi connectivity index (χ4n) is 2.78. The third-order valence-electron chi connectivity index (χ3n) is 4.21. The first-order valence-corrected chi connectivity index (χ1v) is 11.1. The molecule has 14 heteroatoms. The molecule has 0 aliphatic heterocycles. The number of aromatic nitrogens is 3. The number of carboxylic acids is 1. The van der Waals surface area contributed by atoms with Crippen LogP contribution in [0.4, 0.5) is 23.8 Å². The van der Waals surface area contributed by atoms with Crippen molar-refractivity contribution in [2.45, 2.75) is 13.1 Å². The maximum absolute atomic E-state index is 13.2. The van der Waals surface area contributed by atoms with E-state index in [1.807, 2.05) is 0 Å². The first-order chi connectivity index (χ1) is 16.1. The fourth-order valence-corrected chi connectivity index (χ4v) is 3.71. The number of rotatable bonds is 8. The molecule has 0 spiro atoms. The molecule has 0 aliphatic rings. The van der Waals surface area contributed by atoms with Gasteiger partial charge in [0.2, 0.25) is 5.88 Å². The minimum absolute atomic E-state index is 0.00531. The van der Waals surface area contributed by atoms with Crippen molar-refractivity contribution in [2.75, 3.05) is 24.3 Å². The number of ether oxygens (including phenoxy) is 1. The standard InChI is InChI=1S/C20H17ClF3N5O4S/c1-2-25-19(32)29-15-6-12(17-28-14(9-34-17)20(22,23)24)13(8-26-15)11-5-10(18(30)31)7-27-16(11)33-4-3-21/h5-9H,2-4H2,1H3,(H,30,31)(H2,25,26,29,32). The smallest absolute Gasteiger partial charge is 0.434 e. The van der Waals surface area contributed by atoms with Crippen LogP contribution in [0.2, 0.25) is 0 Å². The molecule has 0 aromatic carbocycles. The van der Waals surface area contributed by atoms with Crippen LogP contribution < -0.4 is 15.4 Å². The number of alkyl halides is 4. The zero-order valence-corrected chi connectivity index (χ0v) is 19.0. The first-order valence-electron chi connectivity index (χ1n) is 9.64. The summed E-state index contributed by atoms with van der Waals surface area (Å²) in [6.45, 7) is 2.09. The highest BCUT2D eigenvalue weighted by molar-refractivity contribution is 7.13. The Morgan fingerprint density at radius 2 is 1.94 bits per heavy atom. The second kappa shape index (κ2) is 10.7. The van der Waals surface area contributed by atoms with E-state index < -0.39 is 23.9 Å². The van der Waals surface area contributed by atoms with Gasteiger partial charge in [-0.15, -0.1) is 22.9 Å². The van der Waals surface area contributed by atoms with Crippen LogP contribution in [0.25, 0.3) is 21.7 Å². The molecule has 3 N–H and O–H groups in total. The van der Waals surface area contributed by atoms with E-state index in [-0.39, 0.29) is 51.4 Å². The van der Waals surface area contributed by atoms with Crippen molar-refractivity contribution in [3.05, 3.63) is 41.2 Å². The number of carbonyl (C=O) groups excluding carboxylic acids is 1. The molecule has 0 atom stereocenters. The van der Waals surface area contributed by atoms with E-state index in [9.17, 15) is 27.9 Å². The highest BCUT2D eigenvalue weighted by Crippen LogP contribution is 2.40. The number of aromatic carboxylic acids is 1. The largest absolute Gasteiger partial charge is 0.478 e. The molecule has 34 heavy (non-hydrogen) atoms. The Balaban J connectivity index is 2.20. The van der Waals surface area contributed by atoms with Gasteiger partial charge >= 0.3 is 18.2 Å². The van der Waals surface area contributed by atoms with E-state index >= 15 is 0 Å². The summed E-state index contributed by atoms with van der Waals surface area (Å²) >= 11 is 6.40. The number of halogens is 4. The van der Waals surface area contributed by atoms with Gasteiger partial charge in [0, 0.05) is 41.0 Å². The number of hydrogen-bond acceptors (Lipinski definition) is 7. The average Bonchev–Trinajstić information content (AvgIpc) is 3.28. The maximum atomic E-state index is 13.2. The summed E-state index contributed by atoms with van der Waals surface area (Å²) in [5, 5.41) is 15.2. The number of thiazole rings is 1. The lowest BCUT2D eigenvalue weighted by atomic mass is 10.0. The van der Waals surface area contributed by atoms with Crippen LogP contribution in [0.1, 0.15) is 23.0 Å². The number of urea groups is 1. The Morgan fingerprint density at radius 1 is 1.18 bits per heavy atom. The number of nitrogens with zero attached hydrogens (tertiary/aromatic N) is 3. The van der Waals surface area contributed by atoms with Crippen LogP contribution >= 0.6 is 22.9 Å². The number of pyridine rings is 2. The molecule has 0 saturated heterocycles. The number of carbonyl (C=O) groups is 2. The van der Waals surface area contributed by atoms with Crippen LogP contribution in [0.3, 0.4) is 0 Å². The van der Waals surface area contributed by atoms with Gasteiger partial charge < -0.3 is 15.2 Å². The van der Waals surface area contributed by atoms with Crippen molar-refractivity contribution in [1.29, 1.82) is 0 Å². The van der Waals surface area contributed by atoms with E-state index in [1.54, 1.807) is 6.92 Å². The van der Waals surface area contributed by atoms with Crippen molar-refractivity contribution in [2.24, 2.45) is 0 Å². The Hall–Kier alpha value is -3.45. The Morgan fingerprint density at radius 3 is 2.56 bits per heavy atom. The summed E-state index contributed by atoms with van der Waals surface area (Å²) in [7, 11) is 0. The summed E-state index contributed by atoms with van der Waals surface area (Å²) in [5.74, 6) is -1.11. The number of hydrogen-bond donors (Lipinski definition) is 3. The normalized spacial score (nSPS) is 11.2. The van der Waals surface area contributed by atoms with Gasteiger partial charge in [-0.25, -0.2) is 24.5 Å². The van der Waals surface area contributed by atoms with Crippen LogP contribution in [0.15, 0.2) is 29.9 Å². The van der Waals surface area contributed by atoms with Gasteiger partial charge in [0.25, 0.3) is 0 Å². The summed E-state index contributed by atoms with van der Waals surface area (Å²) < 4.78 is 45.1. The molecule has 3 heterocycles. The third kappa shape index (κ3) is 5.91. The molecule has 3 rings (SSSR count).